The van der Waals surface area contributed by atoms with Gasteiger partial charge >= 0.3 is 0 Å². The third-order valence-electron chi connectivity index (χ3n) is 5.14. The molecule has 0 spiro atoms. The molecule has 1 saturated heterocycles. The van der Waals surface area contributed by atoms with E-state index in [2.05, 4.69) is 33.4 Å². The highest BCUT2D eigenvalue weighted by Crippen LogP contribution is 2.33. The Balaban J connectivity index is 1.60. The van der Waals surface area contributed by atoms with Crippen LogP contribution in [0.25, 0.3) is 0 Å². The molecule has 0 saturated carbocycles. The molecule has 3 heterocycles. The Labute approximate surface area is 148 Å². The molecule has 6 nitrogen and oxygen atoms in total. The number of hydrogen-bond donors (Lipinski definition) is 3. The van der Waals surface area contributed by atoms with Crippen LogP contribution in [-0.2, 0) is 6.54 Å². The zero-order valence-electron chi connectivity index (χ0n) is 14.7. The number of nitrogens with one attached hydrogen (secondary N) is 2. The van der Waals surface area contributed by atoms with E-state index in [0.717, 1.165) is 42.1 Å². The normalized spacial score (nSPS) is 20.5. The van der Waals surface area contributed by atoms with Crippen molar-refractivity contribution >= 4 is 17.1 Å². The van der Waals surface area contributed by atoms with Crippen LogP contribution in [0.5, 0.6) is 0 Å². The smallest absolute Gasteiger partial charge is 0.0706 e. The molecule has 130 valence electrons. The highest BCUT2D eigenvalue weighted by Gasteiger charge is 2.30. The van der Waals surface area contributed by atoms with Crippen molar-refractivity contribution in [1.82, 2.24) is 14.9 Å². The van der Waals surface area contributed by atoms with Crippen LogP contribution in [0, 0.1) is 12.3 Å². The van der Waals surface area contributed by atoms with E-state index in [1.807, 2.05) is 25.1 Å². The van der Waals surface area contributed by atoms with Crippen molar-refractivity contribution in [3.8, 4) is 0 Å². The summed E-state index contributed by atoms with van der Waals surface area (Å²) >= 11 is 0. The number of nitrogens with two attached hydrogens (primary N) is 1. The van der Waals surface area contributed by atoms with Gasteiger partial charge in [-0.3, -0.25) is 10.4 Å². The maximum absolute atomic E-state index is 8.57. The molecular formula is C19H24N6. The van der Waals surface area contributed by atoms with E-state index in [0.29, 0.717) is 17.4 Å². The molecule has 2 aliphatic rings. The van der Waals surface area contributed by atoms with E-state index in [1.54, 1.807) is 6.20 Å². The first kappa shape index (κ1) is 16.1. The Bertz CT molecular complexity index is 831. The molecule has 0 aliphatic carbocycles. The molecule has 2 aromatic rings. The Morgan fingerprint density at radius 3 is 2.92 bits per heavy atom. The summed E-state index contributed by atoms with van der Waals surface area (Å²) in [5, 5.41) is 10.9. The third kappa shape index (κ3) is 2.99. The molecule has 1 aromatic heterocycles. The first-order valence-corrected chi connectivity index (χ1v) is 8.67. The van der Waals surface area contributed by atoms with Crippen molar-refractivity contribution in [3.05, 3.63) is 52.8 Å². The molecule has 6 heteroatoms. The number of hydrazine groups is 1. The SMILES string of the molecule is Cc1cc(C(=N)c2cc3c(cc2N)NN(C2CCN(C)C2)C3)ccn1. The summed E-state index contributed by atoms with van der Waals surface area (Å²) in [6.07, 6.45) is 2.91. The lowest BCUT2D eigenvalue weighted by Gasteiger charge is -2.23. The molecule has 4 N–H and O–H groups in total. The predicted molar refractivity (Wildman–Crippen MR) is 101 cm³/mol. The van der Waals surface area contributed by atoms with Crippen LogP contribution in [0.3, 0.4) is 0 Å². The third-order valence-corrected chi connectivity index (χ3v) is 5.14. The highest BCUT2D eigenvalue weighted by atomic mass is 15.5. The zero-order valence-corrected chi connectivity index (χ0v) is 14.7. The van der Waals surface area contributed by atoms with Gasteiger partial charge in [0.2, 0.25) is 0 Å². The van der Waals surface area contributed by atoms with Crippen molar-refractivity contribution in [2.24, 2.45) is 0 Å². The van der Waals surface area contributed by atoms with Crippen molar-refractivity contribution in [2.75, 3.05) is 31.3 Å². The van der Waals surface area contributed by atoms with Crippen molar-refractivity contribution in [1.29, 1.82) is 5.41 Å². The molecule has 0 radical (unpaired) electrons. The van der Waals surface area contributed by atoms with E-state index in [-0.39, 0.29) is 0 Å². The largest absolute Gasteiger partial charge is 0.398 e. The van der Waals surface area contributed by atoms with Gasteiger partial charge in [-0.2, -0.15) is 0 Å². The number of hydrogen-bond acceptors (Lipinski definition) is 6. The summed E-state index contributed by atoms with van der Waals surface area (Å²) in [5.41, 5.74) is 15.7. The van der Waals surface area contributed by atoms with Crippen LogP contribution < -0.4 is 11.2 Å². The van der Waals surface area contributed by atoms with Crippen molar-refractivity contribution in [2.45, 2.75) is 25.9 Å². The van der Waals surface area contributed by atoms with Crippen molar-refractivity contribution in [3.63, 3.8) is 0 Å². The minimum absolute atomic E-state index is 0.449. The second kappa shape index (κ2) is 6.13. The van der Waals surface area contributed by atoms with Crippen LogP contribution in [0.1, 0.15) is 28.8 Å². The number of likely N-dealkylation sites (N-methyl/N-ethyl adjacent to an activating group) is 1. The molecule has 25 heavy (non-hydrogen) atoms. The van der Waals surface area contributed by atoms with Gasteiger partial charge < -0.3 is 16.1 Å². The van der Waals surface area contributed by atoms with Gasteiger partial charge in [0.15, 0.2) is 0 Å². The zero-order chi connectivity index (χ0) is 17.6. The number of rotatable bonds is 3. The van der Waals surface area contributed by atoms with Gasteiger partial charge in [0.25, 0.3) is 0 Å². The van der Waals surface area contributed by atoms with Gasteiger partial charge in [-0.25, -0.2) is 5.01 Å². The Morgan fingerprint density at radius 1 is 1.36 bits per heavy atom. The molecule has 1 unspecified atom stereocenters. The predicted octanol–water partition coefficient (Wildman–Crippen LogP) is 2.23. The van der Waals surface area contributed by atoms with E-state index >= 15 is 0 Å². The van der Waals surface area contributed by atoms with Crippen LogP contribution >= 0.6 is 0 Å². The highest BCUT2D eigenvalue weighted by molar-refractivity contribution is 6.14. The first-order valence-electron chi connectivity index (χ1n) is 8.67. The summed E-state index contributed by atoms with van der Waals surface area (Å²) in [7, 11) is 2.16. The van der Waals surface area contributed by atoms with Crippen LogP contribution in [0.4, 0.5) is 11.4 Å². The Hall–Kier alpha value is -2.44. The lowest BCUT2D eigenvalue weighted by Crippen LogP contribution is -2.37. The van der Waals surface area contributed by atoms with Gasteiger partial charge in [0.05, 0.1) is 11.4 Å². The van der Waals surface area contributed by atoms with E-state index in [1.165, 1.54) is 12.0 Å². The van der Waals surface area contributed by atoms with Gasteiger partial charge in [-0.1, -0.05) is 0 Å². The number of benzene rings is 1. The molecule has 1 fully saturated rings. The average molecular weight is 336 g/mol. The average Bonchev–Trinajstić information content (AvgIpc) is 3.19. The maximum atomic E-state index is 8.57. The summed E-state index contributed by atoms with van der Waals surface area (Å²) in [6.45, 7) is 5.00. The second-order valence-corrected chi connectivity index (χ2v) is 7.10. The molecule has 0 bridgehead atoms. The van der Waals surface area contributed by atoms with Gasteiger partial charge in [-0.05, 0) is 56.8 Å². The van der Waals surface area contributed by atoms with Gasteiger partial charge in [0, 0.05) is 47.8 Å². The summed E-state index contributed by atoms with van der Waals surface area (Å²) in [5.74, 6) is 0. The minimum atomic E-state index is 0.449. The van der Waals surface area contributed by atoms with Crippen LogP contribution in [0.2, 0.25) is 0 Å². The Kier molecular flexibility index (Phi) is 3.94. The summed E-state index contributed by atoms with van der Waals surface area (Å²) in [4.78, 5) is 6.57. The monoisotopic (exact) mass is 336 g/mol. The van der Waals surface area contributed by atoms with E-state index in [9.17, 15) is 0 Å². The second-order valence-electron chi connectivity index (χ2n) is 7.10. The van der Waals surface area contributed by atoms with E-state index in [4.69, 9.17) is 11.1 Å². The quantitative estimate of drug-likeness (QED) is 0.591. The summed E-state index contributed by atoms with van der Waals surface area (Å²) in [6, 6.07) is 8.33. The van der Waals surface area contributed by atoms with Gasteiger partial charge in [-0.15, -0.1) is 0 Å². The number of nitrogen functional groups attached to an aromatic ring is 1. The van der Waals surface area contributed by atoms with Gasteiger partial charge in [0.1, 0.15) is 0 Å². The standard InChI is InChI=1S/C19H24N6/c1-12-7-13(3-5-22-12)19(21)16-8-14-10-25(15-4-6-24(2)11-15)23-18(14)9-17(16)20/h3,5,7-9,15,21,23H,4,6,10-11,20H2,1-2H3. The topological polar surface area (TPSA) is 81.3 Å². The number of fused-ring (bicyclic) bond motifs is 1. The fourth-order valence-electron chi connectivity index (χ4n) is 3.73. The van der Waals surface area contributed by atoms with Crippen molar-refractivity contribution < 1.29 is 0 Å². The molecular weight excluding hydrogens is 312 g/mol. The number of anilines is 2. The fourth-order valence-corrected chi connectivity index (χ4v) is 3.73. The molecule has 1 atom stereocenters. The van der Waals surface area contributed by atoms with Crippen LogP contribution in [0.15, 0.2) is 30.5 Å². The Morgan fingerprint density at radius 2 is 2.20 bits per heavy atom. The number of likely N-dealkylation sites (tertiary alicyclic amines) is 1. The first-order chi connectivity index (χ1) is 12.0. The maximum Gasteiger partial charge on any atom is 0.0706 e. The fraction of sp³-hybridized carbons (Fsp3) is 0.368. The molecule has 1 aromatic carbocycles. The molecule has 0 amide bonds. The number of aryl methyl sites for hydroxylation is 1. The van der Waals surface area contributed by atoms with E-state index < -0.39 is 0 Å². The molecule has 2 aliphatic heterocycles. The lowest BCUT2D eigenvalue weighted by atomic mass is 9.98. The number of pyridine rings is 1. The minimum Gasteiger partial charge on any atom is -0.398 e. The van der Waals surface area contributed by atoms with Crippen LogP contribution in [-0.4, -0.2) is 46.8 Å². The molecule has 4 rings (SSSR count). The number of aromatic nitrogens is 1. The summed E-state index contributed by atoms with van der Waals surface area (Å²) < 4.78 is 0. The lowest BCUT2D eigenvalue weighted by molar-refractivity contribution is 0.245. The number of nitrogens with zero attached hydrogens (tertiary/aromatic N) is 3.